The number of aryl methyl sites for hydroxylation is 3. The van der Waals surface area contributed by atoms with Crippen LogP contribution in [0.15, 0.2) is 64.1 Å². The van der Waals surface area contributed by atoms with E-state index in [4.69, 9.17) is 4.52 Å². The Hall–Kier alpha value is -2.99. The maximum absolute atomic E-state index is 5.36. The average Bonchev–Trinajstić information content (AvgIpc) is 3.18. The Balaban J connectivity index is 1.41. The molecule has 28 heavy (non-hydrogen) atoms. The molecular weight excluding hydrogens is 368 g/mol. The predicted molar refractivity (Wildman–Crippen MR) is 111 cm³/mol. The third kappa shape index (κ3) is 4.12. The van der Waals surface area contributed by atoms with Crippen molar-refractivity contribution in [3.8, 4) is 22.6 Å². The highest BCUT2D eigenvalue weighted by Crippen LogP contribution is 2.24. The molecule has 0 spiro atoms. The van der Waals surface area contributed by atoms with E-state index >= 15 is 0 Å². The van der Waals surface area contributed by atoms with Crippen LogP contribution in [0.4, 0.5) is 0 Å². The summed E-state index contributed by atoms with van der Waals surface area (Å²) in [5, 5.41) is 13.6. The van der Waals surface area contributed by atoms with Crippen molar-refractivity contribution in [1.82, 2.24) is 20.3 Å². The molecule has 0 bridgehead atoms. The molecule has 4 aromatic rings. The van der Waals surface area contributed by atoms with Crippen LogP contribution in [-0.4, -0.2) is 20.3 Å². The highest BCUT2D eigenvalue weighted by Gasteiger charge is 2.10. The van der Waals surface area contributed by atoms with Gasteiger partial charge in [-0.2, -0.15) is 4.98 Å². The second-order valence-corrected chi connectivity index (χ2v) is 7.72. The fraction of sp³-hybridized carbons (Fsp3) is 0.182. The van der Waals surface area contributed by atoms with Gasteiger partial charge in [0.05, 0.1) is 11.4 Å². The minimum Gasteiger partial charge on any atom is -0.338 e. The lowest BCUT2D eigenvalue weighted by atomic mass is 10.0. The lowest BCUT2D eigenvalue weighted by Crippen LogP contribution is -1.91. The minimum absolute atomic E-state index is 0.552. The number of hydrogen-bond donors (Lipinski definition) is 0. The molecule has 2 heterocycles. The lowest BCUT2D eigenvalue weighted by Gasteiger charge is -2.05. The van der Waals surface area contributed by atoms with Crippen LogP contribution < -0.4 is 0 Å². The molecule has 0 radical (unpaired) electrons. The van der Waals surface area contributed by atoms with E-state index < -0.39 is 0 Å². The molecule has 2 aromatic carbocycles. The van der Waals surface area contributed by atoms with Crippen molar-refractivity contribution in [3.63, 3.8) is 0 Å². The third-order valence-corrected chi connectivity index (χ3v) is 5.47. The van der Waals surface area contributed by atoms with Crippen LogP contribution in [0.2, 0.25) is 0 Å². The van der Waals surface area contributed by atoms with Gasteiger partial charge in [-0.25, -0.2) is 0 Å². The van der Waals surface area contributed by atoms with Crippen LogP contribution in [0.5, 0.6) is 0 Å². The van der Waals surface area contributed by atoms with Crippen LogP contribution in [0.3, 0.4) is 0 Å². The fourth-order valence-corrected chi connectivity index (χ4v) is 3.37. The minimum atomic E-state index is 0.552. The molecule has 0 unspecified atom stereocenters. The van der Waals surface area contributed by atoms with Crippen molar-refractivity contribution in [1.29, 1.82) is 0 Å². The molecule has 140 valence electrons. The Labute approximate surface area is 168 Å². The highest BCUT2D eigenvalue weighted by atomic mass is 32.2. The van der Waals surface area contributed by atoms with Crippen LogP contribution in [0.25, 0.3) is 22.6 Å². The molecule has 4 rings (SSSR count). The van der Waals surface area contributed by atoms with E-state index in [-0.39, 0.29) is 0 Å². The number of rotatable bonds is 5. The maximum atomic E-state index is 5.36. The molecule has 0 saturated heterocycles. The number of hydrogen-bond acceptors (Lipinski definition) is 6. The van der Waals surface area contributed by atoms with Crippen molar-refractivity contribution in [2.45, 2.75) is 31.6 Å². The van der Waals surface area contributed by atoms with E-state index in [9.17, 15) is 0 Å². The Morgan fingerprint density at radius 1 is 0.821 bits per heavy atom. The van der Waals surface area contributed by atoms with E-state index in [0.717, 1.165) is 21.8 Å². The third-order valence-electron chi connectivity index (χ3n) is 4.56. The molecule has 0 atom stereocenters. The van der Waals surface area contributed by atoms with Crippen molar-refractivity contribution in [2.75, 3.05) is 0 Å². The summed E-state index contributed by atoms with van der Waals surface area (Å²) in [5.74, 6) is 1.73. The summed E-state index contributed by atoms with van der Waals surface area (Å²) in [6.07, 6.45) is 0. The lowest BCUT2D eigenvalue weighted by molar-refractivity contribution is 0.391. The molecule has 0 saturated carbocycles. The quantitative estimate of drug-likeness (QED) is 0.426. The average molecular weight is 388 g/mol. The zero-order valence-corrected chi connectivity index (χ0v) is 16.8. The fourth-order valence-electron chi connectivity index (χ4n) is 2.72. The first-order valence-electron chi connectivity index (χ1n) is 9.02. The van der Waals surface area contributed by atoms with E-state index in [2.05, 4.69) is 52.4 Å². The Kier molecular flexibility index (Phi) is 5.21. The van der Waals surface area contributed by atoms with Gasteiger partial charge >= 0.3 is 0 Å². The highest BCUT2D eigenvalue weighted by molar-refractivity contribution is 7.98. The number of nitrogens with zero attached hydrogens (tertiary/aromatic N) is 4. The second kappa shape index (κ2) is 7.94. The standard InChI is InChI=1S/C22H20N4OS/c1-14-4-7-17(8-5-14)22-23-20(27-26-22)13-28-21-11-10-19(24-25-21)18-9-6-15(2)16(3)12-18/h4-12H,13H2,1-3H3. The van der Waals surface area contributed by atoms with Crippen LogP contribution in [0, 0.1) is 20.8 Å². The van der Waals surface area contributed by atoms with Crippen molar-refractivity contribution in [2.24, 2.45) is 0 Å². The number of benzene rings is 2. The second-order valence-electron chi connectivity index (χ2n) is 6.72. The largest absolute Gasteiger partial charge is 0.338 e. The Morgan fingerprint density at radius 2 is 1.61 bits per heavy atom. The number of thioether (sulfide) groups is 1. The van der Waals surface area contributed by atoms with Crippen LogP contribution >= 0.6 is 11.8 Å². The van der Waals surface area contributed by atoms with Gasteiger partial charge in [0.25, 0.3) is 0 Å². The van der Waals surface area contributed by atoms with Gasteiger partial charge in [-0.3, -0.25) is 0 Å². The summed E-state index contributed by atoms with van der Waals surface area (Å²) in [7, 11) is 0. The molecule has 5 nitrogen and oxygen atoms in total. The van der Waals surface area contributed by atoms with E-state index in [1.807, 2.05) is 43.3 Å². The van der Waals surface area contributed by atoms with Gasteiger partial charge in [0, 0.05) is 11.1 Å². The smallest absolute Gasteiger partial charge is 0.237 e. The first-order valence-corrected chi connectivity index (χ1v) is 10.0. The van der Waals surface area contributed by atoms with Crippen LogP contribution in [-0.2, 0) is 5.75 Å². The van der Waals surface area contributed by atoms with Gasteiger partial charge in [0.1, 0.15) is 5.03 Å². The Morgan fingerprint density at radius 3 is 2.32 bits per heavy atom. The van der Waals surface area contributed by atoms with Gasteiger partial charge < -0.3 is 4.52 Å². The van der Waals surface area contributed by atoms with Gasteiger partial charge in [0.15, 0.2) is 0 Å². The van der Waals surface area contributed by atoms with E-state index in [0.29, 0.717) is 17.5 Å². The van der Waals surface area contributed by atoms with Crippen molar-refractivity contribution >= 4 is 11.8 Å². The normalized spacial score (nSPS) is 11.0. The summed E-state index contributed by atoms with van der Waals surface area (Å²) >= 11 is 1.52. The molecule has 2 aromatic heterocycles. The SMILES string of the molecule is Cc1ccc(-c2noc(CSc3ccc(-c4ccc(C)c(C)c4)nn3)n2)cc1. The number of aromatic nitrogens is 4. The summed E-state index contributed by atoms with van der Waals surface area (Å²) in [4.78, 5) is 4.46. The topological polar surface area (TPSA) is 64.7 Å². The van der Waals surface area contributed by atoms with E-state index in [1.54, 1.807) is 0 Å². The van der Waals surface area contributed by atoms with Gasteiger partial charge in [-0.1, -0.05) is 58.9 Å². The van der Waals surface area contributed by atoms with Gasteiger partial charge in [0.2, 0.25) is 11.7 Å². The van der Waals surface area contributed by atoms with Crippen molar-refractivity contribution in [3.05, 3.63) is 77.2 Å². The first kappa shape index (κ1) is 18.4. The molecule has 0 aliphatic rings. The molecule has 0 aliphatic carbocycles. The first-order chi connectivity index (χ1) is 13.6. The van der Waals surface area contributed by atoms with Crippen molar-refractivity contribution < 1.29 is 4.52 Å². The van der Waals surface area contributed by atoms with Crippen LogP contribution in [0.1, 0.15) is 22.6 Å². The summed E-state index contributed by atoms with van der Waals surface area (Å²) in [5.41, 5.74) is 6.61. The summed E-state index contributed by atoms with van der Waals surface area (Å²) < 4.78 is 5.36. The molecule has 0 aliphatic heterocycles. The van der Waals surface area contributed by atoms with Gasteiger partial charge in [-0.15, -0.1) is 10.2 Å². The Bertz CT molecular complexity index is 1090. The monoisotopic (exact) mass is 388 g/mol. The predicted octanol–water partition coefficient (Wildman–Crippen LogP) is 5.41. The summed E-state index contributed by atoms with van der Waals surface area (Å²) in [6, 6.07) is 18.3. The summed E-state index contributed by atoms with van der Waals surface area (Å²) in [6.45, 7) is 6.26. The molecule has 0 N–H and O–H groups in total. The zero-order chi connectivity index (χ0) is 19.5. The molecule has 6 heteroatoms. The molecule has 0 fully saturated rings. The van der Waals surface area contributed by atoms with E-state index in [1.165, 1.54) is 28.5 Å². The van der Waals surface area contributed by atoms with Gasteiger partial charge in [-0.05, 0) is 50.1 Å². The maximum Gasteiger partial charge on any atom is 0.237 e. The zero-order valence-electron chi connectivity index (χ0n) is 16.0. The molecular formula is C22H20N4OS. The molecule has 0 amide bonds.